The van der Waals surface area contributed by atoms with Crippen molar-refractivity contribution in [1.29, 1.82) is 0 Å². The number of nitrogens with zero attached hydrogens (tertiary/aromatic N) is 3. The molecule has 1 aromatic heterocycles. The molecule has 0 spiro atoms. The number of carbonyl (C=O) groups is 1. The molecule has 24 heavy (non-hydrogen) atoms. The molecule has 3 rings (SSSR count). The van der Waals surface area contributed by atoms with Crippen molar-refractivity contribution in [2.24, 2.45) is 7.05 Å². The number of amides is 1. The van der Waals surface area contributed by atoms with Crippen LogP contribution in [-0.4, -0.2) is 20.7 Å². The molecule has 0 unspecified atom stereocenters. The molecule has 3 aromatic rings. The van der Waals surface area contributed by atoms with Gasteiger partial charge in [-0.05, 0) is 54.2 Å². The summed E-state index contributed by atoms with van der Waals surface area (Å²) in [6.07, 6.45) is 1.65. The maximum atomic E-state index is 12.3. The van der Waals surface area contributed by atoms with Gasteiger partial charge in [0.05, 0.1) is 10.6 Å². The van der Waals surface area contributed by atoms with Gasteiger partial charge in [0.25, 0.3) is 5.91 Å². The van der Waals surface area contributed by atoms with Gasteiger partial charge in [0, 0.05) is 22.7 Å². The summed E-state index contributed by atoms with van der Waals surface area (Å²) in [5.41, 5.74) is 1.05. The quantitative estimate of drug-likeness (QED) is 0.724. The van der Waals surface area contributed by atoms with Crippen LogP contribution in [0.2, 0.25) is 10.0 Å². The van der Waals surface area contributed by atoms with Crippen LogP contribution in [0.3, 0.4) is 0 Å². The van der Waals surface area contributed by atoms with Crippen molar-refractivity contribution in [3.05, 3.63) is 64.4 Å². The van der Waals surface area contributed by atoms with E-state index >= 15 is 0 Å². The summed E-state index contributed by atoms with van der Waals surface area (Å²) in [4.78, 5) is 13.3. The molecule has 0 radical (unpaired) electrons. The third-order valence-corrected chi connectivity index (χ3v) is 4.77. The van der Waals surface area contributed by atoms with Crippen LogP contribution in [0.5, 0.6) is 0 Å². The minimum atomic E-state index is -0.287. The standard InChI is InChI=1S/C16H12Cl2N4OS/c1-22-9-19-21-16(22)24-12-5-3-11(4-6-12)20-15(23)13-7-2-10(17)8-14(13)18/h2-9H,1H3,(H,20,23). The summed E-state index contributed by atoms with van der Waals surface area (Å²) in [5.74, 6) is -0.287. The molecular formula is C16H12Cl2N4OS. The monoisotopic (exact) mass is 378 g/mol. The Kier molecular flexibility index (Phi) is 5.08. The number of benzene rings is 2. The summed E-state index contributed by atoms with van der Waals surface area (Å²) < 4.78 is 1.84. The number of aryl methyl sites for hydroxylation is 1. The van der Waals surface area contributed by atoms with Gasteiger partial charge in [-0.1, -0.05) is 23.2 Å². The molecule has 0 fully saturated rings. The molecule has 122 valence electrons. The fourth-order valence-electron chi connectivity index (χ4n) is 1.95. The highest BCUT2D eigenvalue weighted by molar-refractivity contribution is 7.99. The van der Waals surface area contributed by atoms with Crippen LogP contribution in [0.15, 0.2) is 58.8 Å². The van der Waals surface area contributed by atoms with Crippen molar-refractivity contribution in [2.75, 3.05) is 5.32 Å². The van der Waals surface area contributed by atoms with Crippen LogP contribution < -0.4 is 5.32 Å². The molecule has 5 nitrogen and oxygen atoms in total. The normalized spacial score (nSPS) is 10.6. The lowest BCUT2D eigenvalue weighted by molar-refractivity contribution is 0.102. The predicted molar refractivity (Wildman–Crippen MR) is 96.0 cm³/mol. The van der Waals surface area contributed by atoms with E-state index < -0.39 is 0 Å². The fraction of sp³-hybridized carbons (Fsp3) is 0.0625. The van der Waals surface area contributed by atoms with Gasteiger partial charge >= 0.3 is 0 Å². The summed E-state index contributed by atoms with van der Waals surface area (Å²) in [6, 6.07) is 12.2. The molecule has 1 heterocycles. The molecule has 0 aliphatic carbocycles. The van der Waals surface area contributed by atoms with Crippen molar-refractivity contribution in [2.45, 2.75) is 10.1 Å². The third kappa shape index (κ3) is 3.90. The molecule has 0 aliphatic rings. The van der Waals surface area contributed by atoms with Crippen LogP contribution in [0, 0.1) is 0 Å². The zero-order chi connectivity index (χ0) is 17.1. The Hall–Kier alpha value is -2.02. The second kappa shape index (κ2) is 7.25. The molecule has 1 amide bonds. The van der Waals surface area contributed by atoms with Gasteiger partial charge in [-0.2, -0.15) is 0 Å². The first-order valence-corrected chi connectivity index (χ1v) is 8.48. The Morgan fingerprint density at radius 1 is 1.17 bits per heavy atom. The highest BCUT2D eigenvalue weighted by Crippen LogP contribution is 2.27. The Labute approximate surface area is 153 Å². The average Bonchev–Trinajstić information content (AvgIpc) is 2.94. The predicted octanol–water partition coefficient (Wildman–Crippen LogP) is 4.53. The average molecular weight is 379 g/mol. The van der Waals surface area contributed by atoms with Crippen LogP contribution >= 0.6 is 35.0 Å². The molecule has 1 N–H and O–H groups in total. The number of halogens is 2. The Morgan fingerprint density at radius 3 is 2.54 bits per heavy atom. The molecule has 8 heteroatoms. The molecule has 0 saturated carbocycles. The van der Waals surface area contributed by atoms with E-state index in [0.717, 1.165) is 10.1 Å². The third-order valence-electron chi connectivity index (χ3n) is 3.17. The summed E-state index contributed by atoms with van der Waals surface area (Å²) in [6.45, 7) is 0. The first kappa shape index (κ1) is 16.8. The van der Waals surface area contributed by atoms with Gasteiger partial charge in [-0.3, -0.25) is 4.79 Å². The zero-order valence-electron chi connectivity index (χ0n) is 12.5. The molecule has 0 bridgehead atoms. The van der Waals surface area contributed by atoms with Crippen molar-refractivity contribution >= 4 is 46.6 Å². The maximum absolute atomic E-state index is 12.3. The topological polar surface area (TPSA) is 59.8 Å². The molecule has 2 aromatic carbocycles. The molecule has 0 atom stereocenters. The van der Waals surface area contributed by atoms with Crippen molar-refractivity contribution < 1.29 is 4.79 Å². The summed E-state index contributed by atoms with van der Waals surface area (Å²) in [7, 11) is 1.88. The van der Waals surface area contributed by atoms with E-state index in [1.54, 1.807) is 24.5 Å². The van der Waals surface area contributed by atoms with E-state index in [1.165, 1.54) is 11.8 Å². The Bertz CT molecular complexity index is 880. The lowest BCUT2D eigenvalue weighted by Gasteiger charge is -2.08. The Balaban J connectivity index is 1.69. The second-order valence-corrected chi connectivity index (χ2v) is 6.81. The maximum Gasteiger partial charge on any atom is 0.257 e. The van der Waals surface area contributed by atoms with Crippen LogP contribution in [0.4, 0.5) is 5.69 Å². The first-order chi connectivity index (χ1) is 11.5. The van der Waals surface area contributed by atoms with E-state index in [0.29, 0.717) is 21.3 Å². The van der Waals surface area contributed by atoms with Crippen LogP contribution in [-0.2, 0) is 7.05 Å². The van der Waals surface area contributed by atoms with Crippen molar-refractivity contribution in [1.82, 2.24) is 14.8 Å². The second-order valence-electron chi connectivity index (χ2n) is 4.93. The largest absolute Gasteiger partial charge is 0.322 e. The van der Waals surface area contributed by atoms with Gasteiger partial charge in [0.2, 0.25) is 0 Å². The Morgan fingerprint density at radius 2 is 1.92 bits per heavy atom. The number of hydrogen-bond donors (Lipinski definition) is 1. The SMILES string of the molecule is Cn1cnnc1Sc1ccc(NC(=O)c2ccc(Cl)cc2Cl)cc1. The van der Waals surface area contributed by atoms with E-state index in [-0.39, 0.29) is 5.91 Å². The first-order valence-electron chi connectivity index (χ1n) is 6.91. The molecule has 0 aliphatic heterocycles. The summed E-state index contributed by atoms with van der Waals surface area (Å²) >= 11 is 13.4. The number of anilines is 1. The van der Waals surface area contributed by atoms with Crippen molar-refractivity contribution in [3.8, 4) is 0 Å². The van der Waals surface area contributed by atoms with Gasteiger partial charge in [-0.25, -0.2) is 0 Å². The molecular weight excluding hydrogens is 367 g/mol. The number of carbonyl (C=O) groups excluding carboxylic acids is 1. The van der Waals surface area contributed by atoms with Gasteiger partial charge < -0.3 is 9.88 Å². The number of rotatable bonds is 4. The van der Waals surface area contributed by atoms with E-state index in [9.17, 15) is 4.79 Å². The van der Waals surface area contributed by atoms with E-state index in [1.807, 2.05) is 35.9 Å². The number of nitrogens with one attached hydrogen (secondary N) is 1. The summed E-state index contributed by atoms with van der Waals surface area (Å²) in [5, 5.41) is 12.3. The lowest BCUT2D eigenvalue weighted by Crippen LogP contribution is -2.12. The lowest BCUT2D eigenvalue weighted by atomic mass is 10.2. The van der Waals surface area contributed by atoms with E-state index in [4.69, 9.17) is 23.2 Å². The molecule has 0 saturated heterocycles. The fourth-order valence-corrected chi connectivity index (χ4v) is 3.21. The minimum absolute atomic E-state index is 0.287. The van der Waals surface area contributed by atoms with Gasteiger partial charge in [-0.15, -0.1) is 10.2 Å². The smallest absolute Gasteiger partial charge is 0.257 e. The van der Waals surface area contributed by atoms with Crippen molar-refractivity contribution in [3.63, 3.8) is 0 Å². The van der Waals surface area contributed by atoms with Gasteiger partial charge in [0.1, 0.15) is 6.33 Å². The van der Waals surface area contributed by atoms with Crippen LogP contribution in [0.25, 0.3) is 0 Å². The minimum Gasteiger partial charge on any atom is -0.322 e. The van der Waals surface area contributed by atoms with E-state index in [2.05, 4.69) is 15.5 Å². The van der Waals surface area contributed by atoms with Crippen LogP contribution in [0.1, 0.15) is 10.4 Å². The number of aromatic nitrogens is 3. The van der Waals surface area contributed by atoms with Gasteiger partial charge in [0.15, 0.2) is 5.16 Å². The highest BCUT2D eigenvalue weighted by Gasteiger charge is 2.11. The highest BCUT2D eigenvalue weighted by atomic mass is 35.5. The number of hydrogen-bond acceptors (Lipinski definition) is 4. The zero-order valence-corrected chi connectivity index (χ0v) is 14.9.